The van der Waals surface area contributed by atoms with Crippen LogP contribution < -0.4 is 10.6 Å². The Bertz CT molecular complexity index is 2140. The molecule has 5 heterocycles. The zero-order valence-corrected chi connectivity index (χ0v) is 28.0. The average molecular weight is 634 g/mol. The predicted molar refractivity (Wildman–Crippen MR) is 181 cm³/mol. The molecule has 1 aliphatic rings. The zero-order valence-electron chi connectivity index (χ0n) is 28.0. The maximum atomic E-state index is 14.3. The standard InChI is InChI=1S/C35H39N9O3/c1-19(2)28-30(21(4)11-12-37-28)44-32-24(15-23(16-36)29(39-32)27-20(3)9-10-26-25(27)17-38-41-26)31(40-33(44)45)43-14-13-42(18-22(43)5)34(46)47-35(6,7)8/h9-12,15,17,19,22H,13-14,18H2,1-8H3,(H,38,41)/t22-/m0/s1. The van der Waals surface area contributed by atoms with Gasteiger partial charge in [-0.05, 0) is 76.8 Å². The molecule has 1 aliphatic heterocycles. The first-order chi connectivity index (χ1) is 22.3. The van der Waals surface area contributed by atoms with Crippen molar-refractivity contribution >= 4 is 33.8 Å². The first-order valence-corrected chi connectivity index (χ1v) is 15.8. The van der Waals surface area contributed by atoms with Crippen LogP contribution in [0.5, 0.6) is 0 Å². The summed E-state index contributed by atoms with van der Waals surface area (Å²) in [6, 6.07) is 9.70. The Morgan fingerprint density at radius 2 is 1.87 bits per heavy atom. The predicted octanol–water partition coefficient (Wildman–Crippen LogP) is 5.78. The highest BCUT2D eigenvalue weighted by Gasteiger charge is 2.33. The quantitative estimate of drug-likeness (QED) is 0.260. The van der Waals surface area contributed by atoms with E-state index in [4.69, 9.17) is 9.72 Å². The van der Waals surface area contributed by atoms with Crippen LogP contribution in [0.25, 0.3) is 38.9 Å². The van der Waals surface area contributed by atoms with Gasteiger partial charge in [-0.2, -0.15) is 15.3 Å². The summed E-state index contributed by atoms with van der Waals surface area (Å²) < 4.78 is 7.16. The molecular formula is C35H39N9O3. The highest BCUT2D eigenvalue weighted by Crippen LogP contribution is 2.37. The maximum Gasteiger partial charge on any atom is 0.410 e. The molecule has 12 heteroatoms. The number of hydrogen-bond acceptors (Lipinski definition) is 9. The molecule has 1 saturated heterocycles. The Morgan fingerprint density at radius 1 is 1.11 bits per heavy atom. The van der Waals surface area contributed by atoms with Gasteiger partial charge in [0.15, 0.2) is 5.65 Å². The van der Waals surface area contributed by atoms with E-state index in [2.05, 4.69) is 26.2 Å². The number of fused-ring (bicyclic) bond motifs is 2. The number of H-pyrrole nitrogens is 1. The molecule has 1 aromatic carbocycles. The number of carbonyl (C=O) groups is 1. The lowest BCUT2D eigenvalue weighted by molar-refractivity contribution is 0.0218. The zero-order chi connectivity index (χ0) is 33.8. The minimum atomic E-state index is -0.616. The van der Waals surface area contributed by atoms with Crippen molar-refractivity contribution in [3.8, 4) is 23.0 Å². The molecule has 0 saturated carbocycles. The third kappa shape index (κ3) is 5.67. The Balaban J connectivity index is 1.61. The molecule has 0 aliphatic carbocycles. The van der Waals surface area contributed by atoms with Crippen LogP contribution in [0.4, 0.5) is 10.6 Å². The molecule has 0 unspecified atom stereocenters. The maximum absolute atomic E-state index is 14.3. The molecule has 1 N–H and O–H groups in total. The van der Waals surface area contributed by atoms with E-state index >= 15 is 0 Å². The number of hydrogen-bond donors (Lipinski definition) is 1. The number of aromatic amines is 1. The average Bonchev–Trinajstić information content (AvgIpc) is 3.48. The van der Waals surface area contributed by atoms with E-state index < -0.39 is 11.3 Å². The number of pyridine rings is 2. The number of nitriles is 1. The Morgan fingerprint density at radius 3 is 2.55 bits per heavy atom. The molecule has 1 fully saturated rings. The van der Waals surface area contributed by atoms with Gasteiger partial charge < -0.3 is 14.5 Å². The van der Waals surface area contributed by atoms with Crippen molar-refractivity contribution in [3.63, 3.8) is 0 Å². The highest BCUT2D eigenvalue weighted by atomic mass is 16.6. The van der Waals surface area contributed by atoms with Crippen molar-refractivity contribution < 1.29 is 9.53 Å². The molecule has 1 amide bonds. The summed E-state index contributed by atoms with van der Waals surface area (Å²) in [6.45, 7) is 16.6. The number of benzene rings is 1. The van der Waals surface area contributed by atoms with E-state index in [-0.39, 0.29) is 18.1 Å². The van der Waals surface area contributed by atoms with Gasteiger partial charge in [0, 0.05) is 42.8 Å². The van der Waals surface area contributed by atoms with E-state index in [9.17, 15) is 14.9 Å². The van der Waals surface area contributed by atoms with E-state index in [0.29, 0.717) is 53.4 Å². The van der Waals surface area contributed by atoms with Crippen molar-refractivity contribution in [2.45, 2.75) is 73.0 Å². The van der Waals surface area contributed by atoms with E-state index in [1.807, 2.05) is 78.5 Å². The topological polar surface area (TPSA) is 146 Å². The van der Waals surface area contributed by atoms with Crippen molar-refractivity contribution in [2.24, 2.45) is 0 Å². The summed E-state index contributed by atoms with van der Waals surface area (Å²) in [5, 5.41) is 19.1. The second kappa shape index (κ2) is 11.8. The van der Waals surface area contributed by atoms with Crippen molar-refractivity contribution in [1.82, 2.24) is 34.6 Å². The monoisotopic (exact) mass is 633 g/mol. The lowest BCUT2D eigenvalue weighted by atomic mass is 9.97. The number of aryl methyl sites for hydroxylation is 2. The Hall–Kier alpha value is -5.31. The summed E-state index contributed by atoms with van der Waals surface area (Å²) in [5.74, 6) is 0.422. The van der Waals surface area contributed by atoms with Crippen LogP contribution in [-0.4, -0.2) is 72.0 Å². The van der Waals surface area contributed by atoms with Gasteiger partial charge in [0.05, 0.1) is 39.7 Å². The van der Waals surface area contributed by atoms with Crippen molar-refractivity contribution in [1.29, 1.82) is 5.26 Å². The van der Waals surface area contributed by atoms with Crippen LogP contribution in [0.1, 0.15) is 69.8 Å². The molecule has 242 valence electrons. The van der Waals surface area contributed by atoms with Crippen LogP contribution in [-0.2, 0) is 4.74 Å². The highest BCUT2D eigenvalue weighted by molar-refractivity contribution is 5.99. The molecule has 0 bridgehead atoms. The van der Waals surface area contributed by atoms with E-state index in [1.54, 1.807) is 23.4 Å². The summed E-state index contributed by atoms with van der Waals surface area (Å²) in [7, 11) is 0. The molecule has 4 aromatic heterocycles. The largest absolute Gasteiger partial charge is 0.444 e. The van der Waals surface area contributed by atoms with E-state index in [0.717, 1.165) is 33.3 Å². The number of nitrogens with zero attached hydrogens (tertiary/aromatic N) is 8. The molecule has 0 spiro atoms. The minimum Gasteiger partial charge on any atom is -0.444 e. The SMILES string of the molecule is Cc1ccnc(C(C)C)c1-n1c(=O)nc(N2CCN(C(=O)OC(C)(C)C)C[C@@H]2C)c2cc(C#N)c(-c3c(C)ccc4[nH]ncc34)nc21. The van der Waals surface area contributed by atoms with Gasteiger partial charge in [0.2, 0.25) is 0 Å². The van der Waals surface area contributed by atoms with Crippen LogP contribution in [0.15, 0.2) is 41.5 Å². The summed E-state index contributed by atoms with van der Waals surface area (Å²) in [6.07, 6.45) is 3.08. The molecule has 0 radical (unpaired) electrons. The second-order valence-corrected chi connectivity index (χ2v) is 13.5. The lowest BCUT2D eigenvalue weighted by Crippen LogP contribution is -2.55. The van der Waals surface area contributed by atoms with Crippen molar-refractivity contribution in [2.75, 3.05) is 24.5 Å². The summed E-state index contributed by atoms with van der Waals surface area (Å²) in [4.78, 5) is 45.4. The third-order valence-electron chi connectivity index (χ3n) is 8.51. The van der Waals surface area contributed by atoms with Gasteiger partial charge >= 0.3 is 11.8 Å². The first kappa shape index (κ1) is 31.7. The third-order valence-corrected chi connectivity index (χ3v) is 8.51. The smallest absolute Gasteiger partial charge is 0.410 e. The van der Waals surface area contributed by atoms with Gasteiger partial charge in [-0.15, -0.1) is 0 Å². The molecule has 12 nitrogen and oxygen atoms in total. The number of piperazine rings is 1. The number of ether oxygens (including phenoxy) is 1. The number of anilines is 1. The van der Waals surface area contributed by atoms with E-state index in [1.165, 1.54) is 4.57 Å². The van der Waals surface area contributed by atoms with Gasteiger partial charge in [0.25, 0.3) is 0 Å². The lowest BCUT2D eigenvalue weighted by Gasteiger charge is -2.41. The van der Waals surface area contributed by atoms with Gasteiger partial charge in [-0.25, -0.2) is 19.1 Å². The first-order valence-electron chi connectivity index (χ1n) is 15.8. The Kier molecular flexibility index (Phi) is 7.95. The number of amides is 1. The molecular weight excluding hydrogens is 594 g/mol. The summed E-state index contributed by atoms with van der Waals surface area (Å²) >= 11 is 0. The normalized spacial score (nSPS) is 15.4. The van der Waals surface area contributed by atoms with Crippen LogP contribution >= 0.6 is 0 Å². The number of rotatable bonds is 4. The fraction of sp³-hybridized carbons (Fsp3) is 0.400. The molecule has 6 rings (SSSR count). The fourth-order valence-corrected chi connectivity index (χ4v) is 6.32. The van der Waals surface area contributed by atoms with Crippen LogP contribution in [0, 0.1) is 25.2 Å². The molecule has 47 heavy (non-hydrogen) atoms. The Labute approximate surface area is 273 Å². The van der Waals surface area contributed by atoms with Crippen molar-refractivity contribution in [3.05, 3.63) is 69.5 Å². The van der Waals surface area contributed by atoms with Gasteiger partial charge in [-0.3, -0.25) is 10.1 Å². The van der Waals surface area contributed by atoms with Gasteiger partial charge in [0.1, 0.15) is 17.5 Å². The summed E-state index contributed by atoms with van der Waals surface area (Å²) in [5.41, 5.74) is 4.74. The molecule has 5 aromatic rings. The van der Waals surface area contributed by atoms with Crippen LogP contribution in [0.3, 0.4) is 0 Å². The van der Waals surface area contributed by atoms with Crippen LogP contribution in [0.2, 0.25) is 0 Å². The molecule has 1 atom stereocenters. The number of nitrogens with one attached hydrogen (secondary N) is 1. The number of carbonyl (C=O) groups excluding carboxylic acids is 1. The fourth-order valence-electron chi connectivity index (χ4n) is 6.32. The minimum absolute atomic E-state index is 0.00672. The second-order valence-electron chi connectivity index (χ2n) is 13.5. The number of aromatic nitrogens is 6. The van der Waals surface area contributed by atoms with Gasteiger partial charge in [-0.1, -0.05) is 19.9 Å².